The second-order valence-corrected chi connectivity index (χ2v) is 33.1. The topological polar surface area (TPSA) is 6.48 Å². The molecule has 0 radical (unpaired) electrons. The molecule has 2 heterocycles. The van der Waals surface area contributed by atoms with Crippen LogP contribution in [0.1, 0.15) is 124 Å². The van der Waals surface area contributed by atoms with Gasteiger partial charge in [0.1, 0.15) is 0 Å². The zero-order chi connectivity index (χ0) is 72.7. The first kappa shape index (κ1) is 65.7. The lowest BCUT2D eigenvalue weighted by molar-refractivity contribution is 0.590. The fourth-order valence-corrected chi connectivity index (χ4v) is 18.7. The van der Waals surface area contributed by atoms with Crippen molar-refractivity contribution in [2.24, 2.45) is 0 Å². The van der Waals surface area contributed by atoms with E-state index in [1.54, 1.807) is 0 Å². The number of hydrogen-bond donors (Lipinski definition) is 0. The Bertz CT molecular complexity index is 5560. The number of hydrogen-bond acceptors (Lipinski definition) is 2. The molecule has 0 aromatic heterocycles. The summed E-state index contributed by atoms with van der Waals surface area (Å²) in [4.78, 5) is 5.38. The SMILES string of the molecule is CC(C)(C)c1ccc(N2c3ccc(-c4ccccc4)cc3B3c4cc(-c5ccccc5)ccc4N(c4ccc(C(C)(C)C)cc4-c4ccc5c(c4)-c4ccccc4C5(c4ccccc4)c4ccccc4)c4cc(C(C)(C)C)cc2c43)c(-c2ccc3c(c2)-c2ccccc2C3(c2ccccc2)c2ccccc2)c1. The summed E-state index contributed by atoms with van der Waals surface area (Å²) in [6.07, 6.45) is 0. The Morgan fingerprint density at radius 2 is 0.523 bits per heavy atom. The van der Waals surface area contributed by atoms with E-state index in [0.717, 1.165) is 11.4 Å². The van der Waals surface area contributed by atoms with E-state index in [1.807, 2.05) is 0 Å². The first-order valence-corrected chi connectivity index (χ1v) is 38.2. The highest BCUT2D eigenvalue weighted by molar-refractivity contribution is 7.00. The largest absolute Gasteiger partial charge is 0.311 e. The molecule has 0 fully saturated rings. The summed E-state index contributed by atoms with van der Waals surface area (Å²) in [5.41, 5.74) is 37.6. The van der Waals surface area contributed by atoms with Gasteiger partial charge in [0.25, 0.3) is 6.71 Å². The number of anilines is 6. The van der Waals surface area contributed by atoms with Crippen molar-refractivity contribution in [3.8, 4) is 66.8 Å². The Kier molecular flexibility index (Phi) is 15.2. The first-order valence-electron chi connectivity index (χ1n) is 38.2. The van der Waals surface area contributed by atoms with Crippen molar-refractivity contribution < 1.29 is 0 Å². The molecule has 0 atom stereocenters. The van der Waals surface area contributed by atoms with Gasteiger partial charge in [-0.15, -0.1) is 0 Å². The minimum atomic E-state index is -0.537. The quantitative estimate of drug-likeness (QED) is 0.126. The molecule has 3 heteroatoms. The van der Waals surface area contributed by atoms with Crippen LogP contribution in [0.5, 0.6) is 0 Å². The molecule has 107 heavy (non-hydrogen) atoms. The minimum absolute atomic E-state index is 0.163. The molecule has 2 aliphatic carbocycles. The number of rotatable bonds is 10. The summed E-state index contributed by atoms with van der Waals surface area (Å²) < 4.78 is 0. The van der Waals surface area contributed by atoms with Crippen LogP contribution < -0.4 is 26.2 Å². The lowest BCUT2D eigenvalue weighted by Crippen LogP contribution is -2.61. The third-order valence-electron chi connectivity index (χ3n) is 23.9. The van der Waals surface area contributed by atoms with E-state index in [4.69, 9.17) is 0 Å². The molecule has 514 valence electrons. The van der Waals surface area contributed by atoms with Crippen LogP contribution in [0, 0.1) is 0 Å². The lowest BCUT2D eigenvalue weighted by atomic mass is 9.33. The smallest absolute Gasteiger partial charge is 0.252 e. The van der Waals surface area contributed by atoms with Crippen molar-refractivity contribution in [2.45, 2.75) is 89.4 Å². The van der Waals surface area contributed by atoms with E-state index in [1.165, 1.54) is 167 Å². The molecule has 0 bridgehead atoms. The maximum absolute atomic E-state index is 2.69. The predicted octanol–water partition coefficient (Wildman–Crippen LogP) is 25.1. The molecule has 0 unspecified atom stereocenters. The average Bonchev–Trinajstić information content (AvgIpc) is 1.37. The van der Waals surface area contributed by atoms with Crippen molar-refractivity contribution >= 4 is 57.2 Å². The predicted molar refractivity (Wildman–Crippen MR) is 453 cm³/mol. The van der Waals surface area contributed by atoms with E-state index >= 15 is 0 Å². The van der Waals surface area contributed by atoms with Crippen LogP contribution >= 0.6 is 0 Å². The standard InChI is InChI=1S/C104H85BN2/c1-100(2,3)78-52-58-93(83(64-78)72-48-54-89-85(60-72)81-44-28-30-46-87(81)103(89,74-36-20-12-21-37-74)75-38-22-13-23-39-75)106-95-56-50-70(68-32-16-10-17-33-68)62-91(95)105-92-63-71(69-34-18-11-19-35-69)51-57-96(92)107(98-67-80(102(7,8)9)66-97(106)99(98)105)94-59-53-79(101(4,5)6)65-84(94)73-49-55-90-86(61-73)82-45-29-31-47-88(82)104(90,76-40-24-14-25-41-76)77-42-26-15-27-43-77/h10-67H,1-9H3. The fourth-order valence-electron chi connectivity index (χ4n) is 18.7. The summed E-state index contributed by atoms with van der Waals surface area (Å²) in [5.74, 6) is 0. The van der Waals surface area contributed by atoms with Crippen LogP contribution in [0.2, 0.25) is 0 Å². The Hall–Kier alpha value is -12.0. The number of nitrogens with zero attached hydrogens (tertiary/aromatic N) is 2. The first-order chi connectivity index (χ1) is 52.0. The Balaban J connectivity index is 0.895. The third kappa shape index (κ3) is 10.3. The van der Waals surface area contributed by atoms with Crippen molar-refractivity contribution in [1.29, 1.82) is 0 Å². The molecule has 15 aromatic rings. The molecular formula is C104H85BN2. The molecule has 0 N–H and O–H groups in total. The second-order valence-electron chi connectivity index (χ2n) is 33.1. The van der Waals surface area contributed by atoms with Crippen molar-refractivity contribution in [1.82, 2.24) is 0 Å². The highest BCUT2D eigenvalue weighted by Gasteiger charge is 2.50. The minimum Gasteiger partial charge on any atom is -0.311 e. The van der Waals surface area contributed by atoms with Crippen LogP contribution in [-0.4, -0.2) is 6.71 Å². The van der Waals surface area contributed by atoms with E-state index in [-0.39, 0.29) is 23.0 Å². The molecule has 2 aliphatic heterocycles. The number of benzene rings is 15. The molecule has 15 aromatic carbocycles. The van der Waals surface area contributed by atoms with Gasteiger partial charge in [-0.2, -0.15) is 0 Å². The maximum Gasteiger partial charge on any atom is 0.252 e. The zero-order valence-corrected chi connectivity index (χ0v) is 62.5. The van der Waals surface area contributed by atoms with Crippen molar-refractivity contribution in [2.75, 3.05) is 9.80 Å². The zero-order valence-electron chi connectivity index (χ0n) is 62.5. The van der Waals surface area contributed by atoms with Crippen molar-refractivity contribution in [3.05, 3.63) is 413 Å². The van der Waals surface area contributed by atoms with Gasteiger partial charge in [0.15, 0.2) is 0 Å². The van der Waals surface area contributed by atoms with E-state index in [9.17, 15) is 0 Å². The van der Waals surface area contributed by atoms with Gasteiger partial charge in [0, 0.05) is 33.9 Å². The van der Waals surface area contributed by atoms with Gasteiger partial charge in [-0.1, -0.05) is 353 Å². The maximum atomic E-state index is 2.69. The molecule has 19 rings (SSSR count). The fraction of sp³-hybridized carbons (Fsp3) is 0.135. The van der Waals surface area contributed by atoms with E-state index in [0.29, 0.717) is 0 Å². The summed E-state index contributed by atoms with van der Waals surface area (Å²) in [6.45, 7) is 21.1. The van der Waals surface area contributed by atoms with Gasteiger partial charge in [-0.3, -0.25) is 0 Å². The monoisotopic (exact) mass is 1370 g/mol. The van der Waals surface area contributed by atoms with Crippen molar-refractivity contribution in [3.63, 3.8) is 0 Å². The highest BCUT2D eigenvalue weighted by atomic mass is 15.2. The molecule has 0 amide bonds. The molecule has 0 saturated heterocycles. The normalized spacial score (nSPS) is 14.1. The van der Waals surface area contributed by atoms with Gasteiger partial charge < -0.3 is 9.80 Å². The Labute approximate surface area is 632 Å². The Morgan fingerprint density at radius 3 is 0.879 bits per heavy atom. The molecule has 0 saturated carbocycles. The highest BCUT2D eigenvalue weighted by Crippen LogP contribution is 2.60. The summed E-state index contributed by atoms with van der Waals surface area (Å²) >= 11 is 0. The summed E-state index contributed by atoms with van der Waals surface area (Å²) in [5, 5.41) is 0. The third-order valence-corrected chi connectivity index (χ3v) is 23.9. The summed E-state index contributed by atoms with van der Waals surface area (Å²) in [7, 11) is 0. The van der Waals surface area contributed by atoms with Crippen LogP contribution in [-0.2, 0) is 27.1 Å². The molecule has 2 nitrogen and oxygen atoms in total. The second kappa shape index (κ2) is 24.8. The van der Waals surface area contributed by atoms with Gasteiger partial charge in [-0.05, 0) is 210 Å². The Morgan fingerprint density at radius 1 is 0.215 bits per heavy atom. The van der Waals surface area contributed by atoms with Gasteiger partial charge >= 0.3 is 0 Å². The average molecular weight is 1370 g/mol. The van der Waals surface area contributed by atoms with E-state index < -0.39 is 10.8 Å². The van der Waals surface area contributed by atoms with Crippen LogP contribution in [0.25, 0.3) is 66.8 Å². The van der Waals surface area contributed by atoms with Crippen LogP contribution in [0.15, 0.2) is 352 Å². The van der Waals surface area contributed by atoms with Gasteiger partial charge in [-0.25, -0.2) is 0 Å². The van der Waals surface area contributed by atoms with E-state index in [2.05, 4.69) is 424 Å². The lowest BCUT2D eigenvalue weighted by Gasteiger charge is -2.46. The van der Waals surface area contributed by atoms with Crippen LogP contribution in [0.3, 0.4) is 0 Å². The molecular weight excluding hydrogens is 1290 g/mol. The molecule has 4 aliphatic rings. The number of fused-ring (bicyclic) bond motifs is 10. The summed E-state index contributed by atoms with van der Waals surface area (Å²) in [6, 6.07) is 135. The van der Waals surface area contributed by atoms with Gasteiger partial charge in [0.05, 0.1) is 22.2 Å². The van der Waals surface area contributed by atoms with Crippen LogP contribution in [0.4, 0.5) is 34.1 Å². The van der Waals surface area contributed by atoms with Gasteiger partial charge in [0.2, 0.25) is 0 Å². The molecule has 0 spiro atoms.